The summed E-state index contributed by atoms with van der Waals surface area (Å²) >= 11 is 0. The van der Waals surface area contributed by atoms with E-state index in [2.05, 4.69) is 6.58 Å². The molecule has 0 fully saturated rings. The van der Waals surface area contributed by atoms with Crippen molar-refractivity contribution >= 4 is 15.9 Å². The minimum absolute atomic E-state index is 0.218. The molecule has 70 valence electrons. The number of halogens is 1. The summed E-state index contributed by atoms with van der Waals surface area (Å²) in [6, 6.07) is 5.17. The van der Waals surface area contributed by atoms with Crippen LogP contribution < -0.4 is 0 Å². The third-order valence-electron chi connectivity index (χ3n) is 1.46. The fraction of sp³-hybridized carbons (Fsp3) is 0. The first-order valence-electron chi connectivity index (χ1n) is 3.34. The maximum absolute atomic E-state index is 12.7. The molecule has 0 amide bonds. The van der Waals surface area contributed by atoms with Gasteiger partial charge in [-0.3, -0.25) is 4.55 Å². The van der Waals surface area contributed by atoms with E-state index in [0.717, 1.165) is 6.07 Å². The molecule has 13 heavy (non-hydrogen) atoms. The SMILES string of the molecule is C=C(F)c1ccccc1S(=O)(=O)O. The molecular formula is C8H7FO3S. The zero-order valence-corrected chi connectivity index (χ0v) is 7.38. The summed E-state index contributed by atoms with van der Waals surface area (Å²) in [7, 11) is -4.38. The lowest BCUT2D eigenvalue weighted by molar-refractivity contribution is 0.482. The number of rotatable bonds is 2. The van der Waals surface area contributed by atoms with Gasteiger partial charge in [-0.25, -0.2) is 4.39 Å². The monoisotopic (exact) mass is 202 g/mol. The third kappa shape index (κ3) is 2.13. The molecule has 1 rings (SSSR count). The topological polar surface area (TPSA) is 54.4 Å². The molecule has 5 heteroatoms. The fourth-order valence-electron chi connectivity index (χ4n) is 0.916. The molecule has 0 saturated heterocycles. The van der Waals surface area contributed by atoms with E-state index < -0.39 is 20.8 Å². The van der Waals surface area contributed by atoms with E-state index in [4.69, 9.17) is 4.55 Å². The van der Waals surface area contributed by atoms with Crippen molar-refractivity contribution in [3.05, 3.63) is 36.4 Å². The van der Waals surface area contributed by atoms with Crippen LogP contribution in [0, 0.1) is 0 Å². The molecule has 0 unspecified atom stereocenters. The lowest BCUT2D eigenvalue weighted by Crippen LogP contribution is -2.01. The predicted octanol–water partition coefficient (Wildman–Crippen LogP) is 1.87. The highest BCUT2D eigenvalue weighted by Gasteiger charge is 2.15. The van der Waals surface area contributed by atoms with E-state index in [1.54, 1.807) is 0 Å². The molecule has 0 radical (unpaired) electrons. The first-order valence-corrected chi connectivity index (χ1v) is 4.78. The van der Waals surface area contributed by atoms with Crippen LogP contribution in [0.25, 0.3) is 5.83 Å². The summed E-state index contributed by atoms with van der Waals surface area (Å²) in [5.41, 5.74) is -0.218. The first kappa shape index (κ1) is 9.88. The van der Waals surface area contributed by atoms with Crippen LogP contribution in [-0.2, 0) is 10.1 Å². The molecule has 0 spiro atoms. The molecule has 0 aliphatic heterocycles. The van der Waals surface area contributed by atoms with Gasteiger partial charge >= 0.3 is 0 Å². The van der Waals surface area contributed by atoms with Gasteiger partial charge in [0.25, 0.3) is 10.1 Å². The molecule has 3 nitrogen and oxygen atoms in total. The molecule has 0 aromatic heterocycles. The predicted molar refractivity (Wildman–Crippen MR) is 46.4 cm³/mol. The Kier molecular flexibility index (Phi) is 2.49. The second-order valence-electron chi connectivity index (χ2n) is 2.38. The fourth-order valence-corrected chi connectivity index (χ4v) is 1.62. The van der Waals surface area contributed by atoms with Gasteiger partial charge in [0, 0.05) is 5.56 Å². The zero-order chi connectivity index (χ0) is 10.1. The number of hydrogen-bond donors (Lipinski definition) is 1. The van der Waals surface area contributed by atoms with Gasteiger partial charge < -0.3 is 0 Å². The lowest BCUT2D eigenvalue weighted by Gasteiger charge is -2.02. The highest BCUT2D eigenvalue weighted by molar-refractivity contribution is 7.85. The molecule has 1 aromatic carbocycles. The molecule has 0 bridgehead atoms. The van der Waals surface area contributed by atoms with Gasteiger partial charge in [0.1, 0.15) is 10.7 Å². The van der Waals surface area contributed by atoms with Crippen molar-refractivity contribution in [3.8, 4) is 0 Å². The Morgan fingerprint density at radius 2 is 1.92 bits per heavy atom. The van der Waals surface area contributed by atoms with Crippen molar-refractivity contribution in [2.24, 2.45) is 0 Å². The molecule has 0 heterocycles. The van der Waals surface area contributed by atoms with Crippen LogP contribution in [0.2, 0.25) is 0 Å². The molecule has 1 aromatic rings. The Balaban J connectivity index is 3.46. The minimum atomic E-state index is -4.38. The average molecular weight is 202 g/mol. The summed E-state index contributed by atoms with van der Waals surface area (Å²) in [6.07, 6.45) is 0. The van der Waals surface area contributed by atoms with Gasteiger partial charge in [-0.15, -0.1) is 0 Å². The van der Waals surface area contributed by atoms with Crippen molar-refractivity contribution < 1.29 is 17.4 Å². The smallest absolute Gasteiger partial charge is 0.282 e. The van der Waals surface area contributed by atoms with Crippen LogP contribution in [0.5, 0.6) is 0 Å². The van der Waals surface area contributed by atoms with Gasteiger partial charge in [-0.05, 0) is 6.07 Å². The van der Waals surface area contributed by atoms with E-state index in [1.165, 1.54) is 18.2 Å². The molecule has 1 N–H and O–H groups in total. The zero-order valence-electron chi connectivity index (χ0n) is 6.57. The standard InChI is InChI=1S/C8H7FO3S/c1-6(9)7-4-2-3-5-8(7)13(10,11)12/h2-5H,1H2,(H,10,11,12). The van der Waals surface area contributed by atoms with Gasteiger partial charge in [-0.1, -0.05) is 24.8 Å². The quantitative estimate of drug-likeness (QED) is 0.745. The molecular weight excluding hydrogens is 195 g/mol. The maximum Gasteiger partial charge on any atom is 0.295 e. The van der Waals surface area contributed by atoms with Crippen LogP contribution in [0.4, 0.5) is 4.39 Å². The second-order valence-corrected chi connectivity index (χ2v) is 3.77. The largest absolute Gasteiger partial charge is 0.295 e. The normalized spacial score (nSPS) is 11.2. The van der Waals surface area contributed by atoms with Crippen LogP contribution >= 0.6 is 0 Å². The maximum atomic E-state index is 12.7. The van der Waals surface area contributed by atoms with E-state index in [0.29, 0.717) is 0 Å². The Labute approximate surface area is 75.3 Å². The van der Waals surface area contributed by atoms with Gasteiger partial charge in [0.15, 0.2) is 0 Å². The number of benzene rings is 1. The third-order valence-corrected chi connectivity index (χ3v) is 2.37. The molecule has 0 aliphatic carbocycles. The van der Waals surface area contributed by atoms with E-state index in [1.807, 2.05) is 0 Å². The van der Waals surface area contributed by atoms with Crippen LogP contribution in [0.15, 0.2) is 35.7 Å². The second kappa shape index (κ2) is 3.27. The van der Waals surface area contributed by atoms with E-state index >= 15 is 0 Å². The first-order chi connectivity index (χ1) is 5.93. The summed E-state index contributed by atoms with van der Waals surface area (Å²) in [5, 5.41) is 0. The molecule has 0 saturated carbocycles. The van der Waals surface area contributed by atoms with Crippen molar-refractivity contribution in [3.63, 3.8) is 0 Å². The van der Waals surface area contributed by atoms with Crippen molar-refractivity contribution in [1.29, 1.82) is 0 Å². The molecule has 0 atom stereocenters. The highest BCUT2D eigenvalue weighted by atomic mass is 32.2. The number of hydrogen-bond acceptors (Lipinski definition) is 2. The van der Waals surface area contributed by atoms with Gasteiger partial charge in [-0.2, -0.15) is 8.42 Å². The summed E-state index contributed by atoms with van der Waals surface area (Å²) in [5.74, 6) is -0.895. The Bertz CT molecular complexity index is 436. The van der Waals surface area contributed by atoms with Crippen LogP contribution in [0.3, 0.4) is 0 Å². The van der Waals surface area contributed by atoms with Crippen molar-refractivity contribution in [1.82, 2.24) is 0 Å². The Hall–Kier alpha value is -1.20. The van der Waals surface area contributed by atoms with Crippen molar-refractivity contribution in [2.75, 3.05) is 0 Å². The van der Waals surface area contributed by atoms with Crippen molar-refractivity contribution in [2.45, 2.75) is 4.90 Å². The molecule has 0 aliphatic rings. The van der Waals surface area contributed by atoms with Gasteiger partial charge in [0.2, 0.25) is 0 Å². The average Bonchev–Trinajstić information content (AvgIpc) is 2.03. The summed E-state index contributed by atoms with van der Waals surface area (Å²) < 4.78 is 42.7. The Morgan fingerprint density at radius 3 is 2.31 bits per heavy atom. The van der Waals surface area contributed by atoms with Gasteiger partial charge in [0.05, 0.1) is 0 Å². The Morgan fingerprint density at radius 1 is 1.38 bits per heavy atom. The lowest BCUT2D eigenvalue weighted by atomic mass is 10.2. The van der Waals surface area contributed by atoms with Crippen LogP contribution in [0.1, 0.15) is 5.56 Å². The summed E-state index contributed by atoms with van der Waals surface area (Å²) in [4.78, 5) is -0.470. The van der Waals surface area contributed by atoms with E-state index in [-0.39, 0.29) is 5.56 Å². The summed E-state index contributed by atoms with van der Waals surface area (Å²) in [6.45, 7) is 2.96. The van der Waals surface area contributed by atoms with Crippen LogP contribution in [-0.4, -0.2) is 13.0 Å². The highest BCUT2D eigenvalue weighted by Crippen LogP contribution is 2.22. The minimum Gasteiger partial charge on any atom is -0.282 e. The van der Waals surface area contributed by atoms with E-state index in [9.17, 15) is 12.8 Å².